The van der Waals surface area contributed by atoms with Crippen LogP contribution in [0.15, 0.2) is 77.8 Å². The van der Waals surface area contributed by atoms with E-state index in [-0.39, 0.29) is 17.9 Å². The number of aromatic nitrogens is 1. The number of carbonyl (C=O) groups excluding carboxylic acids is 1. The van der Waals surface area contributed by atoms with Gasteiger partial charge in [0.15, 0.2) is 0 Å². The number of pyridine rings is 1. The number of carbonyl (C=O) groups is 1. The van der Waals surface area contributed by atoms with Gasteiger partial charge in [-0.25, -0.2) is 9.37 Å². The zero-order chi connectivity index (χ0) is 25.4. The summed E-state index contributed by atoms with van der Waals surface area (Å²) in [7, 11) is 0. The number of nitrogens with zero attached hydrogens (tertiary/aromatic N) is 2. The maximum absolute atomic E-state index is 15.2. The fourth-order valence-corrected chi connectivity index (χ4v) is 5.85. The highest BCUT2D eigenvalue weighted by Gasteiger charge is 2.40. The second-order valence-electron chi connectivity index (χ2n) is 9.18. The molecule has 1 aromatic heterocycles. The highest BCUT2D eigenvalue weighted by atomic mass is 127. The van der Waals surface area contributed by atoms with E-state index in [0.29, 0.717) is 23.6 Å². The Labute approximate surface area is 228 Å². The Morgan fingerprint density at radius 1 is 1.19 bits per heavy atom. The summed E-state index contributed by atoms with van der Waals surface area (Å²) in [6.07, 6.45) is 2.51. The Hall–Kier alpha value is -2.85. The summed E-state index contributed by atoms with van der Waals surface area (Å²) in [6.45, 7) is 2.74. The van der Waals surface area contributed by atoms with Crippen LogP contribution in [0.4, 0.5) is 15.9 Å². The number of hydrogen-bond donors (Lipinski definition) is 3. The highest BCUT2D eigenvalue weighted by Crippen LogP contribution is 2.41. The van der Waals surface area contributed by atoms with Crippen molar-refractivity contribution in [3.8, 4) is 0 Å². The van der Waals surface area contributed by atoms with Gasteiger partial charge in [-0.15, -0.1) is 12.6 Å². The number of thiol groups is 1. The number of nitrogen functional groups attached to an aromatic ring is 1. The Balaban J connectivity index is 1.56. The topological polar surface area (TPSA) is 71.2 Å². The predicted octanol–water partition coefficient (Wildman–Crippen LogP) is 6.61. The number of hydrogen-bond acceptors (Lipinski definition) is 5. The van der Waals surface area contributed by atoms with Crippen LogP contribution in [0.1, 0.15) is 36.6 Å². The van der Waals surface area contributed by atoms with Gasteiger partial charge in [-0.1, -0.05) is 25.1 Å². The zero-order valence-electron chi connectivity index (χ0n) is 19.7. The third-order valence-electron chi connectivity index (χ3n) is 6.86. The highest BCUT2D eigenvalue weighted by molar-refractivity contribution is 14.1. The minimum atomic E-state index is -0.906. The molecule has 1 aliphatic heterocycles. The van der Waals surface area contributed by atoms with Crippen molar-refractivity contribution < 1.29 is 9.18 Å². The van der Waals surface area contributed by atoms with Gasteiger partial charge in [0.2, 0.25) is 5.91 Å². The molecule has 3 N–H and O–H groups in total. The van der Waals surface area contributed by atoms with E-state index in [1.807, 2.05) is 53.4 Å². The van der Waals surface area contributed by atoms with E-state index >= 15 is 4.39 Å². The summed E-state index contributed by atoms with van der Waals surface area (Å²) in [4.78, 5) is 21.1. The van der Waals surface area contributed by atoms with Gasteiger partial charge in [-0.3, -0.25) is 4.79 Å². The SMILES string of the molecule is C[C@H]1CCN(C(=O)[C@H](Nc2ccc3c(N)nccc3c2)c2cc(I)ccc2F)[C@H]1c1ccccc1S. The van der Waals surface area contributed by atoms with E-state index in [4.69, 9.17) is 5.73 Å². The molecule has 36 heavy (non-hydrogen) atoms. The van der Waals surface area contributed by atoms with Gasteiger partial charge in [0.1, 0.15) is 17.7 Å². The van der Waals surface area contributed by atoms with Crippen molar-refractivity contribution in [2.24, 2.45) is 5.92 Å². The summed E-state index contributed by atoms with van der Waals surface area (Å²) in [5.41, 5.74) is 8.04. The van der Waals surface area contributed by atoms with Crippen LogP contribution < -0.4 is 11.1 Å². The molecule has 2 heterocycles. The first kappa shape index (κ1) is 24.8. The van der Waals surface area contributed by atoms with Gasteiger partial charge >= 0.3 is 0 Å². The number of anilines is 2. The molecule has 0 radical (unpaired) electrons. The fraction of sp³-hybridized carbons (Fsp3) is 0.214. The number of halogens is 2. The van der Waals surface area contributed by atoms with Gasteiger partial charge in [-0.05, 0) is 94.4 Å². The van der Waals surface area contributed by atoms with Crippen molar-refractivity contribution in [2.75, 3.05) is 17.6 Å². The average Bonchev–Trinajstić information content (AvgIpc) is 3.25. The Morgan fingerprint density at radius 3 is 2.81 bits per heavy atom. The molecule has 0 bridgehead atoms. The minimum Gasteiger partial charge on any atom is -0.383 e. The molecule has 4 aromatic rings. The molecule has 3 aromatic carbocycles. The van der Waals surface area contributed by atoms with E-state index in [1.165, 1.54) is 6.07 Å². The molecule has 5 nitrogen and oxygen atoms in total. The molecular weight excluding hydrogens is 586 g/mol. The number of rotatable bonds is 5. The molecule has 0 unspecified atom stereocenters. The number of likely N-dealkylation sites (tertiary alicyclic amines) is 1. The average molecular weight is 613 g/mol. The quantitative estimate of drug-likeness (QED) is 0.175. The Kier molecular flexibility index (Phi) is 7.07. The van der Waals surface area contributed by atoms with Crippen LogP contribution in [-0.2, 0) is 4.79 Å². The molecule has 5 rings (SSSR count). The summed E-state index contributed by atoms with van der Waals surface area (Å²) in [6, 6.07) is 19.2. The normalized spacial score (nSPS) is 18.4. The van der Waals surface area contributed by atoms with E-state index < -0.39 is 11.9 Å². The van der Waals surface area contributed by atoms with E-state index in [1.54, 1.807) is 18.3 Å². The maximum Gasteiger partial charge on any atom is 0.250 e. The molecule has 1 aliphatic rings. The van der Waals surface area contributed by atoms with Crippen LogP contribution >= 0.6 is 35.2 Å². The second-order valence-corrected chi connectivity index (χ2v) is 10.9. The first-order valence-electron chi connectivity index (χ1n) is 11.8. The number of benzene rings is 3. The zero-order valence-corrected chi connectivity index (χ0v) is 22.7. The van der Waals surface area contributed by atoms with Gasteiger partial charge in [-0.2, -0.15) is 0 Å². The Morgan fingerprint density at radius 2 is 2.00 bits per heavy atom. The van der Waals surface area contributed by atoms with Crippen molar-refractivity contribution in [2.45, 2.75) is 30.3 Å². The monoisotopic (exact) mass is 612 g/mol. The first-order chi connectivity index (χ1) is 17.3. The van der Waals surface area contributed by atoms with Crippen molar-refractivity contribution in [3.05, 3.63) is 93.4 Å². The minimum absolute atomic E-state index is 0.135. The summed E-state index contributed by atoms with van der Waals surface area (Å²) in [5, 5.41) is 5.05. The molecule has 0 aliphatic carbocycles. The number of nitrogens with two attached hydrogens (primary N) is 1. The van der Waals surface area contributed by atoms with Crippen LogP contribution in [-0.4, -0.2) is 22.3 Å². The molecule has 0 spiro atoms. The molecule has 1 fully saturated rings. The van der Waals surface area contributed by atoms with Crippen molar-refractivity contribution >= 4 is 63.4 Å². The molecule has 8 heteroatoms. The molecule has 0 saturated carbocycles. The lowest BCUT2D eigenvalue weighted by atomic mass is 9.94. The van der Waals surface area contributed by atoms with Gasteiger partial charge in [0.25, 0.3) is 0 Å². The lowest BCUT2D eigenvalue weighted by Crippen LogP contribution is -2.39. The van der Waals surface area contributed by atoms with Gasteiger partial charge in [0.05, 0.1) is 6.04 Å². The largest absolute Gasteiger partial charge is 0.383 e. The van der Waals surface area contributed by atoms with E-state index in [0.717, 1.165) is 31.2 Å². The smallest absolute Gasteiger partial charge is 0.250 e. The van der Waals surface area contributed by atoms with Crippen LogP contribution in [0.5, 0.6) is 0 Å². The van der Waals surface area contributed by atoms with E-state index in [2.05, 4.69) is 52.4 Å². The summed E-state index contributed by atoms with van der Waals surface area (Å²) in [5.74, 6) is 0.0968. The molecular formula is C28H26FIN4OS. The lowest BCUT2D eigenvalue weighted by molar-refractivity contribution is -0.133. The van der Waals surface area contributed by atoms with Crippen molar-refractivity contribution in [1.29, 1.82) is 0 Å². The Bertz CT molecular complexity index is 1450. The van der Waals surface area contributed by atoms with Crippen molar-refractivity contribution in [3.63, 3.8) is 0 Å². The summed E-state index contributed by atoms with van der Waals surface area (Å²) >= 11 is 6.81. The number of nitrogens with one attached hydrogen (secondary N) is 1. The number of amides is 1. The van der Waals surface area contributed by atoms with Crippen LogP contribution in [0.3, 0.4) is 0 Å². The maximum atomic E-state index is 15.2. The van der Waals surface area contributed by atoms with Gasteiger partial charge < -0.3 is 16.0 Å². The van der Waals surface area contributed by atoms with Crippen LogP contribution in [0.2, 0.25) is 0 Å². The fourth-order valence-electron chi connectivity index (χ4n) is 5.04. The third kappa shape index (κ3) is 4.76. The number of fused-ring (bicyclic) bond motifs is 1. The molecule has 1 saturated heterocycles. The van der Waals surface area contributed by atoms with Crippen molar-refractivity contribution in [1.82, 2.24) is 9.88 Å². The molecule has 1 amide bonds. The lowest BCUT2D eigenvalue weighted by Gasteiger charge is -2.32. The van der Waals surface area contributed by atoms with Gasteiger partial charge in [0, 0.05) is 37.8 Å². The predicted molar refractivity (Wildman–Crippen MR) is 154 cm³/mol. The van der Waals surface area contributed by atoms with Crippen LogP contribution in [0, 0.1) is 15.3 Å². The third-order valence-corrected chi connectivity index (χ3v) is 7.94. The summed E-state index contributed by atoms with van der Waals surface area (Å²) < 4.78 is 16.0. The second kappa shape index (κ2) is 10.3. The van der Waals surface area contributed by atoms with Crippen LogP contribution in [0.25, 0.3) is 10.8 Å². The standard InChI is InChI=1S/C28H26FIN4OS/c1-16-11-13-34(26(16)21-4-2-3-5-24(21)36)28(35)25(22-15-18(30)6-9-23(22)29)33-19-7-8-20-17(14-19)10-12-32-27(20)31/h2-10,12,14-16,25-26,33,36H,11,13H2,1H3,(H2,31,32)/t16-,25+,26+/m0/s1. The first-order valence-corrected chi connectivity index (χ1v) is 13.3. The molecule has 184 valence electrons. The molecule has 3 atom stereocenters. The van der Waals surface area contributed by atoms with E-state index in [9.17, 15) is 4.79 Å².